The van der Waals surface area contributed by atoms with Gasteiger partial charge in [0.25, 0.3) is 0 Å². The smallest absolute Gasteiger partial charge is 0.0975 e. The van der Waals surface area contributed by atoms with Gasteiger partial charge < -0.3 is 10.2 Å². The van der Waals surface area contributed by atoms with Crippen LogP contribution in [0.25, 0.3) is 0 Å². The number of nitrogens with one attached hydrogen (secondary N) is 1. The van der Waals surface area contributed by atoms with E-state index in [2.05, 4.69) is 93.4 Å². The lowest BCUT2D eigenvalue weighted by molar-refractivity contribution is 0.525. The Balaban J connectivity index is 1.98. The highest BCUT2D eigenvalue weighted by molar-refractivity contribution is 8.03. The number of anilines is 2. The summed E-state index contributed by atoms with van der Waals surface area (Å²) in [4.78, 5) is 3.60. The van der Waals surface area contributed by atoms with E-state index in [0.717, 1.165) is 36.5 Å². The van der Waals surface area contributed by atoms with E-state index in [1.807, 2.05) is 0 Å². The number of fused-ring (bicyclic) bond motifs is 1. The van der Waals surface area contributed by atoms with Gasteiger partial charge in [-0.1, -0.05) is 63.7 Å². The van der Waals surface area contributed by atoms with Crippen LogP contribution in [-0.2, 0) is 5.41 Å². The fourth-order valence-electron chi connectivity index (χ4n) is 4.05. The molecule has 0 saturated carbocycles. The molecule has 3 nitrogen and oxygen atoms in total. The van der Waals surface area contributed by atoms with Crippen LogP contribution < -0.4 is 10.2 Å². The van der Waals surface area contributed by atoms with Crippen molar-refractivity contribution < 1.29 is 0 Å². The molecule has 0 atom stereocenters. The van der Waals surface area contributed by atoms with Crippen molar-refractivity contribution in [1.82, 2.24) is 0 Å². The summed E-state index contributed by atoms with van der Waals surface area (Å²) < 4.78 is 0. The molecule has 2 aromatic carbocycles. The van der Waals surface area contributed by atoms with Crippen LogP contribution in [0.5, 0.6) is 0 Å². The van der Waals surface area contributed by atoms with E-state index in [4.69, 9.17) is 0 Å². The number of hydrogen-bond donors (Lipinski definition) is 1. The number of para-hydroxylation sites is 1. The monoisotopic (exact) mass is 419 g/mol. The first-order valence-electron chi connectivity index (χ1n) is 10.9. The van der Waals surface area contributed by atoms with E-state index in [9.17, 15) is 5.26 Å². The van der Waals surface area contributed by atoms with Crippen molar-refractivity contribution in [3.05, 3.63) is 64.2 Å². The minimum atomic E-state index is -0.154. The Hall–Kier alpha value is -2.38. The predicted molar refractivity (Wildman–Crippen MR) is 130 cm³/mol. The molecule has 1 heterocycles. The van der Waals surface area contributed by atoms with Crippen molar-refractivity contribution in [2.45, 2.75) is 64.2 Å². The summed E-state index contributed by atoms with van der Waals surface area (Å²) in [5.74, 6) is 0. The van der Waals surface area contributed by atoms with E-state index in [1.165, 1.54) is 27.4 Å². The van der Waals surface area contributed by atoms with Crippen LogP contribution in [-0.4, -0.2) is 13.1 Å². The number of nitriles is 1. The van der Waals surface area contributed by atoms with Gasteiger partial charge in [-0.2, -0.15) is 5.26 Å². The van der Waals surface area contributed by atoms with Gasteiger partial charge in [0, 0.05) is 23.7 Å². The highest BCUT2D eigenvalue weighted by atomic mass is 32.2. The highest BCUT2D eigenvalue weighted by Gasteiger charge is 2.32. The number of allylic oxidation sites excluding steroid dienone is 1. The molecular weight excluding hydrogens is 386 g/mol. The zero-order valence-corrected chi connectivity index (χ0v) is 19.7. The maximum Gasteiger partial charge on any atom is 0.0975 e. The van der Waals surface area contributed by atoms with E-state index in [0.29, 0.717) is 6.42 Å². The van der Waals surface area contributed by atoms with Crippen molar-refractivity contribution >= 4 is 23.1 Å². The Morgan fingerprint density at radius 1 is 1.13 bits per heavy atom. The van der Waals surface area contributed by atoms with Crippen LogP contribution in [0.3, 0.4) is 0 Å². The lowest BCUT2D eigenvalue weighted by Gasteiger charge is -2.29. The van der Waals surface area contributed by atoms with E-state index in [-0.39, 0.29) is 5.41 Å². The first-order chi connectivity index (χ1) is 14.4. The van der Waals surface area contributed by atoms with Gasteiger partial charge in [0.2, 0.25) is 0 Å². The summed E-state index contributed by atoms with van der Waals surface area (Å²) >= 11 is 1.75. The molecule has 1 aliphatic heterocycles. The SMILES string of the molecule is CCCNc1ccccc1C(C)(C)C/C(C#N)=C1\Sc2ccc(C)cc2N1CCC. The molecule has 158 valence electrons. The molecule has 0 fully saturated rings. The second-order valence-corrected chi connectivity index (χ2v) is 9.68. The third-order valence-corrected chi connectivity index (χ3v) is 6.76. The molecule has 0 radical (unpaired) electrons. The molecule has 2 aromatic rings. The summed E-state index contributed by atoms with van der Waals surface area (Å²) in [5, 5.41) is 14.8. The molecular formula is C26H33N3S. The molecule has 0 spiro atoms. The first-order valence-corrected chi connectivity index (χ1v) is 11.8. The van der Waals surface area contributed by atoms with Crippen LogP contribution in [0.15, 0.2) is 58.0 Å². The second kappa shape index (κ2) is 9.62. The molecule has 4 heteroatoms. The Morgan fingerprint density at radius 2 is 1.90 bits per heavy atom. The fraction of sp³-hybridized carbons (Fsp3) is 0.423. The largest absolute Gasteiger partial charge is 0.385 e. The number of nitrogens with zero attached hydrogens (tertiary/aromatic N) is 2. The standard InChI is InChI=1S/C26H33N3S/c1-6-14-28-22-11-9-8-10-21(22)26(4,5)17-20(18-27)25-29(15-7-2)23-16-19(3)12-13-24(23)30-25/h8-13,16,28H,6-7,14-15,17H2,1-5H3/b25-20+. The second-order valence-electron chi connectivity index (χ2n) is 8.65. The van der Waals surface area contributed by atoms with Gasteiger partial charge in [-0.15, -0.1) is 0 Å². The zero-order chi connectivity index (χ0) is 21.7. The van der Waals surface area contributed by atoms with Crippen molar-refractivity contribution in [1.29, 1.82) is 5.26 Å². The molecule has 0 saturated heterocycles. The average Bonchev–Trinajstić information content (AvgIpc) is 3.08. The van der Waals surface area contributed by atoms with Gasteiger partial charge in [-0.3, -0.25) is 0 Å². The summed E-state index contributed by atoms with van der Waals surface area (Å²) in [7, 11) is 0. The summed E-state index contributed by atoms with van der Waals surface area (Å²) in [6.45, 7) is 12.9. The number of rotatable bonds is 8. The van der Waals surface area contributed by atoms with Crippen LogP contribution in [0.4, 0.5) is 11.4 Å². The Morgan fingerprint density at radius 3 is 2.60 bits per heavy atom. The van der Waals surface area contributed by atoms with Crippen molar-refractivity contribution in [3.63, 3.8) is 0 Å². The maximum atomic E-state index is 10.2. The Bertz CT molecular complexity index is 968. The van der Waals surface area contributed by atoms with E-state index in [1.54, 1.807) is 11.8 Å². The van der Waals surface area contributed by atoms with Gasteiger partial charge in [0.1, 0.15) is 0 Å². The summed E-state index contributed by atoms with van der Waals surface area (Å²) in [5.41, 5.74) is 5.66. The minimum absolute atomic E-state index is 0.154. The Kier molecular flexibility index (Phi) is 7.15. The molecule has 0 aliphatic carbocycles. The van der Waals surface area contributed by atoms with Gasteiger partial charge in [-0.25, -0.2) is 0 Å². The molecule has 30 heavy (non-hydrogen) atoms. The topological polar surface area (TPSA) is 39.1 Å². The highest BCUT2D eigenvalue weighted by Crippen LogP contribution is 2.49. The number of aryl methyl sites for hydroxylation is 1. The maximum absolute atomic E-state index is 10.2. The average molecular weight is 420 g/mol. The number of thioether (sulfide) groups is 1. The van der Waals surface area contributed by atoms with Crippen molar-refractivity contribution in [2.75, 3.05) is 23.3 Å². The van der Waals surface area contributed by atoms with Crippen molar-refractivity contribution in [3.8, 4) is 6.07 Å². The molecule has 1 aliphatic rings. The number of benzene rings is 2. The van der Waals surface area contributed by atoms with Crippen LogP contribution in [0.2, 0.25) is 0 Å². The first kappa shape index (κ1) is 22.3. The van der Waals surface area contributed by atoms with Crippen molar-refractivity contribution in [2.24, 2.45) is 0 Å². The lowest BCUT2D eigenvalue weighted by Crippen LogP contribution is -2.24. The summed E-state index contributed by atoms with van der Waals surface area (Å²) in [6, 6.07) is 17.7. The molecule has 0 unspecified atom stereocenters. The van der Waals surface area contributed by atoms with E-state index >= 15 is 0 Å². The normalized spacial score (nSPS) is 15.0. The molecule has 0 aromatic heterocycles. The fourth-order valence-corrected chi connectivity index (χ4v) is 5.21. The lowest BCUT2D eigenvalue weighted by atomic mass is 9.78. The van der Waals surface area contributed by atoms with Gasteiger partial charge in [-0.05, 0) is 60.9 Å². The zero-order valence-electron chi connectivity index (χ0n) is 18.9. The molecule has 0 bridgehead atoms. The quantitative estimate of drug-likeness (QED) is 0.458. The van der Waals surface area contributed by atoms with Gasteiger partial charge >= 0.3 is 0 Å². The predicted octanol–water partition coefficient (Wildman–Crippen LogP) is 7.24. The van der Waals surface area contributed by atoms with Crippen LogP contribution in [0.1, 0.15) is 58.1 Å². The molecule has 1 N–H and O–H groups in total. The Labute approximate surface area is 186 Å². The molecule has 0 amide bonds. The molecule has 3 rings (SSSR count). The minimum Gasteiger partial charge on any atom is -0.385 e. The third kappa shape index (κ3) is 4.68. The van der Waals surface area contributed by atoms with Crippen LogP contribution >= 0.6 is 11.8 Å². The van der Waals surface area contributed by atoms with Gasteiger partial charge in [0.15, 0.2) is 0 Å². The van der Waals surface area contributed by atoms with E-state index < -0.39 is 0 Å². The van der Waals surface area contributed by atoms with Gasteiger partial charge in [0.05, 0.1) is 22.4 Å². The summed E-state index contributed by atoms with van der Waals surface area (Å²) in [6.07, 6.45) is 2.84. The third-order valence-electron chi connectivity index (χ3n) is 5.54. The van der Waals surface area contributed by atoms with Crippen LogP contribution in [0, 0.1) is 18.3 Å². The number of hydrogen-bond acceptors (Lipinski definition) is 4.